The van der Waals surface area contributed by atoms with Crippen LogP contribution in [0.1, 0.15) is 18.5 Å². The van der Waals surface area contributed by atoms with Gasteiger partial charge in [0, 0.05) is 30.8 Å². The zero-order valence-electron chi connectivity index (χ0n) is 17.1. The second-order valence-electron chi connectivity index (χ2n) is 7.74. The highest BCUT2D eigenvalue weighted by atomic mass is 16.5. The predicted molar refractivity (Wildman–Crippen MR) is 108 cm³/mol. The summed E-state index contributed by atoms with van der Waals surface area (Å²) in [5.74, 6) is 1.55. The third kappa shape index (κ3) is 5.11. The molecule has 1 N–H and O–H groups in total. The number of likely N-dealkylation sites (N-methyl/N-ethyl adjacent to an activating group) is 2. The standard InChI is InChI=1S/C21H30N4O3/c1-24(2)18-8-5-16(13-25(3)14-18)21(26)22-12-17-11-20(28-23-17)15-6-9-19(27-4)10-7-15/h6-7,9-11,16,18H,5,8,12-14H2,1-4H3,(H,22,26)/t16-,18+/m1/s1. The molecule has 7 nitrogen and oxygen atoms in total. The fourth-order valence-corrected chi connectivity index (χ4v) is 3.63. The van der Waals surface area contributed by atoms with E-state index in [0.717, 1.165) is 37.2 Å². The molecule has 7 heteroatoms. The van der Waals surface area contributed by atoms with Crippen LogP contribution in [0.4, 0.5) is 0 Å². The minimum atomic E-state index is 0.00269. The van der Waals surface area contributed by atoms with Crippen LogP contribution in [0.25, 0.3) is 11.3 Å². The predicted octanol–water partition coefficient (Wildman–Crippen LogP) is 2.24. The molecular weight excluding hydrogens is 356 g/mol. The van der Waals surface area contributed by atoms with E-state index in [-0.39, 0.29) is 11.8 Å². The zero-order valence-corrected chi connectivity index (χ0v) is 17.1. The maximum atomic E-state index is 12.7. The molecule has 152 valence electrons. The largest absolute Gasteiger partial charge is 0.497 e. The molecule has 1 aromatic heterocycles. The van der Waals surface area contributed by atoms with Crippen molar-refractivity contribution in [2.24, 2.45) is 5.92 Å². The van der Waals surface area contributed by atoms with Gasteiger partial charge in [0.25, 0.3) is 0 Å². The Morgan fingerprint density at radius 1 is 1.29 bits per heavy atom. The number of benzene rings is 1. The number of carbonyl (C=O) groups is 1. The molecule has 3 rings (SSSR count). The number of likely N-dealkylation sites (tertiary alicyclic amines) is 1. The molecule has 0 spiro atoms. The summed E-state index contributed by atoms with van der Waals surface area (Å²) < 4.78 is 10.6. The quantitative estimate of drug-likeness (QED) is 0.821. The van der Waals surface area contributed by atoms with Gasteiger partial charge >= 0.3 is 0 Å². The first-order chi connectivity index (χ1) is 13.5. The molecule has 1 aliphatic heterocycles. The van der Waals surface area contributed by atoms with Crippen LogP contribution in [0.3, 0.4) is 0 Å². The van der Waals surface area contributed by atoms with Gasteiger partial charge in [-0.2, -0.15) is 0 Å². The van der Waals surface area contributed by atoms with E-state index in [1.165, 1.54) is 0 Å². The number of nitrogens with one attached hydrogen (secondary N) is 1. The van der Waals surface area contributed by atoms with Crippen LogP contribution in [-0.2, 0) is 11.3 Å². The SMILES string of the molecule is COc1ccc(-c2cc(CNC(=O)[C@@H]3CC[C@H](N(C)C)CN(C)C3)no2)cc1. The molecule has 1 saturated heterocycles. The Bertz CT molecular complexity index is 772. The van der Waals surface area contributed by atoms with Gasteiger partial charge in [-0.15, -0.1) is 0 Å². The van der Waals surface area contributed by atoms with Gasteiger partial charge in [-0.25, -0.2) is 0 Å². The minimum Gasteiger partial charge on any atom is -0.497 e. The second kappa shape index (κ2) is 9.21. The molecule has 0 radical (unpaired) electrons. The van der Waals surface area contributed by atoms with Crippen molar-refractivity contribution in [2.45, 2.75) is 25.4 Å². The van der Waals surface area contributed by atoms with Crippen LogP contribution in [0.15, 0.2) is 34.9 Å². The second-order valence-corrected chi connectivity index (χ2v) is 7.74. The van der Waals surface area contributed by atoms with E-state index in [1.54, 1.807) is 7.11 Å². The molecule has 1 aromatic carbocycles. The highest BCUT2D eigenvalue weighted by molar-refractivity contribution is 5.78. The summed E-state index contributed by atoms with van der Waals surface area (Å²) in [5.41, 5.74) is 1.64. The smallest absolute Gasteiger partial charge is 0.224 e. The van der Waals surface area contributed by atoms with Crippen molar-refractivity contribution >= 4 is 5.91 Å². The third-order valence-electron chi connectivity index (χ3n) is 5.38. The van der Waals surface area contributed by atoms with Crippen LogP contribution in [-0.4, -0.2) is 68.2 Å². The summed E-state index contributed by atoms with van der Waals surface area (Å²) >= 11 is 0. The summed E-state index contributed by atoms with van der Waals surface area (Å²) in [5, 5.41) is 7.11. The van der Waals surface area contributed by atoms with E-state index in [0.29, 0.717) is 24.0 Å². The van der Waals surface area contributed by atoms with Crippen molar-refractivity contribution < 1.29 is 14.1 Å². The molecule has 0 bridgehead atoms. The average molecular weight is 386 g/mol. The first-order valence-corrected chi connectivity index (χ1v) is 9.69. The summed E-state index contributed by atoms with van der Waals surface area (Å²) in [6, 6.07) is 9.95. The Balaban J connectivity index is 1.55. The number of methoxy groups -OCH3 is 1. The molecule has 0 saturated carbocycles. The van der Waals surface area contributed by atoms with Gasteiger partial charge in [-0.05, 0) is 58.3 Å². The highest BCUT2D eigenvalue weighted by Crippen LogP contribution is 2.23. The third-order valence-corrected chi connectivity index (χ3v) is 5.38. The van der Waals surface area contributed by atoms with E-state index < -0.39 is 0 Å². The van der Waals surface area contributed by atoms with Gasteiger partial charge in [-0.1, -0.05) is 5.16 Å². The zero-order chi connectivity index (χ0) is 20.1. The van der Waals surface area contributed by atoms with Gasteiger partial charge < -0.3 is 24.4 Å². The van der Waals surface area contributed by atoms with Crippen LogP contribution >= 0.6 is 0 Å². The normalized spacial score (nSPS) is 20.8. The number of rotatable bonds is 6. The van der Waals surface area contributed by atoms with Crippen molar-refractivity contribution in [1.29, 1.82) is 0 Å². The molecule has 1 amide bonds. The topological polar surface area (TPSA) is 70.8 Å². The van der Waals surface area contributed by atoms with E-state index in [4.69, 9.17) is 9.26 Å². The monoisotopic (exact) mass is 386 g/mol. The van der Waals surface area contributed by atoms with Crippen molar-refractivity contribution in [3.8, 4) is 17.1 Å². The van der Waals surface area contributed by atoms with E-state index in [2.05, 4.69) is 41.4 Å². The van der Waals surface area contributed by atoms with Crippen molar-refractivity contribution in [1.82, 2.24) is 20.3 Å². The number of nitrogens with zero attached hydrogens (tertiary/aromatic N) is 3. The number of hydrogen-bond acceptors (Lipinski definition) is 6. The summed E-state index contributed by atoms with van der Waals surface area (Å²) in [4.78, 5) is 17.2. The van der Waals surface area contributed by atoms with Crippen molar-refractivity contribution in [2.75, 3.05) is 41.3 Å². The van der Waals surface area contributed by atoms with Gasteiger partial charge in [0.2, 0.25) is 5.91 Å². The van der Waals surface area contributed by atoms with Crippen LogP contribution in [0.5, 0.6) is 5.75 Å². The first kappa shape index (κ1) is 20.4. The van der Waals surface area contributed by atoms with E-state index in [9.17, 15) is 4.79 Å². The molecule has 2 atom stereocenters. The Kier molecular flexibility index (Phi) is 6.70. The number of aromatic nitrogens is 1. The van der Waals surface area contributed by atoms with Gasteiger partial charge in [0.05, 0.1) is 19.6 Å². The molecule has 0 unspecified atom stereocenters. The molecule has 28 heavy (non-hydrogen) atoms. The van der Waals surface area contributed by atoms with Crippen LogP contribution in [0.2, 0.25) is 0 Å². The number of amides is 1. The van der Waals surface area contributed by atoms with Gasteiger partial charge in [-0.3, -0.25) is 4.79 Å². The summed E-state index contributed by atoms with van der Waals surface area (Å²) in [6.45, 7) is 2.15. The van der Waals surface area contributed by atoms with Crippen molar-refractivity contribution in [3.63, 3.8) is 0 Å². The van der Waals surface area contributed by atoms with Crippen LogP contribution < -0.4 is 10.1 Å². The number of hydrogen-bond donors (Lipinski definition) is 1. The summed E-state index contributed by atoms with van der Waals surface area (Å²) in [6.07, 6.45) is 1.93. The Labute approximate surface area is 166 Å². The number of ether oxygens (including phenoxy) is 1. The first-order valence-electron chi connectivity index (χ1n) is 9.69. The molecular formula is C21H30N4O3. The Morgan fingerprint density at radius 3 is 2.71 bits per heavy atom. The Morgan fingerprint density at radius 2 is 2.04 bits per heavy atom. The van der Waals surface area contributed by atoms with Crippen molar-refractivity contribution in [3.05, 3.63) is 36.0 Å². The molecule has 2 heterocycles. The fraction of sp³-hybridized carbons (Fsp3) is 0.524. The van der Waals surface area contributed by atoms with E-state index in [1.807, 2.05) is 30.3 Å². The average Bonchev–Trinajstić information content (AvgIpc) is 3.07. The Hall–Kier alpha value is -2.38. The molecule has 1 fully saturated rings. The molecule has 2 aromatic rings. The minimum absolute atomic E-state index is 0.00269. The molecule has 0 aliphatic carbocycles. The maximum Gasteiger partial charge on any atom is 0.224 e. The lowest BCUT2D eigenvalue weighted by Gasteiger charge is -2.25. The van der Waals surface area contributed by atoms with E-state index >= 15 is 0 Å². The molecule has 1 aliphatic rings. The maximum absolute atomic E-state index is 12.7. The van der Waals surface area contributed by atoms with Crippen LogP contribution in [0, 0.1) is 5.92 Å². The number of carbonyl (C=O) groups excluding carboxylic acids is 1. The van der Waals surface area contributed by atoms with Gasteiger partial charge in [0.1, 0.15) is 11.4 Å². The fourth-order valence-electron chi connectivity index (χ4n) is 3.63. The highest BCUT2D eigenvalue weighted by Gasteiger charge is 2.27. The lowest BCUT2D eigenvalue weighted by atomic mass is 10.0. The van der Waals surface area contributed by atoms with Gasteiger partial charge in [0.15, 0.2) is 5.76 Å². The summed E-state index contributed by atoms with van der Waals surface area (Å²) in [7, 11) is 7.92. The lowest BCUT2D eigenvalue weighted by molar-refractivity contribution is -0.125. The lowest BCUT2D eigenvalue weighted by Crippen LogP contribution is -2.39.